The second-order valence-electron chi connectivity index (χ2n) is 7.41. The van der Waals surface area contributed by atoms with E-state index in [2.05, 4.69) is 0 Å². The number of carbonyl (C=O) groups is 2. The molecule has 1 aliphatic carbocycles. The molecular weight excluding hydrogens is 347 g/mol. The van der Waals surface area contributed by atoms with Gasteiger partial charge in [0.1, 0.15) is 5.82 Å². The Hall–Kier alpha value is -2.95. The van der Waals surface area contributed by atoms with Crippen molar-refractivity contribution in [3.05, 3.63) is 83.7 Å². The van der Waals surface area contributed by atoms with Gasteiger partial charge < -0.3 is 10.2 Å². The van der Waals surface area contributed by atoms with Gasteiger partial charge in [0.05, 0.1) is 10.8 Å². The third-order valence-corrected chi connectivity index (χ3v) is 5.48. The van der Waals surface area contributed by atoms with Crippen LogP contribution in [0, 0.1) is 16.6 Å². The SMILES string of the molecule is CC1(C(=O)O)CC(Cc2ccccc2)(C(=O)O)C=CC1c1ccc(F)cc1. The zero-order valence-corrected chi connectivity index (χ0v) is 14.9. The lowest BCUT2D eigenvalue weighted by Crippen LogP contribution is -2.46. The predicted octanol–water partition coefficient (Wildman–Crippen LogP) is 4.27. The maximum Gasteiger partial charge on any atom is 0.313 e. The van der Waals surface area contributed by atoms with Crippen molar-refractivity contribution in [1.29, 1.82) is 0 Å². The number of hydrogen-bond donors (Lipinski definition) is 2. The number of halogens is 1. The fraction of sp³-hybridized carbons (Fsp3) is 0.273. The van der Waals surface area contributed by atoms with Gasteiger partial charge in [-0.25, -0.2) is 4.39 Å². The van der Waals surface area contributed by atoms with Crippen molar-refractivity contribution in [3.8, 4) is 0 Å². The molecule has 0 bridgehead atoms. The van der Waals surface area contributed by atoms with Crippen molar-refractivity contribution < 1.29 is 24.2 Å². The van der Waals surface area contributed by atoms with Crippen LogP contribution in [0.5, 0.6) is 0 Å². The first-order chi connectivity index (χ1) is 12.8. The summed E-state index contributed by atoms with van der Waals surface area (Å²) in [6.45, 7) is 1.57. The van der Waals surface area contributed by atoms with Crippen LogP contribution in [0.2, 0.25) is 0 Å². The average molecular weight is 368 g/mol. The Morgan fingerprint density at radius 3 is 2.22 bits per heavy atom. The van der Waals surface area contributed by atoms with Gasteiger partial charge >= 0.3 is 11.9 Å². The van der Waals surface area contributed by atoms with E-state index in [0.717, 1.165) is 5.56 Å². The van der Waals surface area contributed by atoms with E-state index in [0.29, 0.717) is 5.56 Å². The molecule has 0 saturated heterocycles. The molecule has 0 spiro atoms. The summed E-state index contributed by atoms with van der Waals surface area (Å²) in [5.74, 6) is -3.06. The van der Waals surface area contributed by atoms with Gasteiger partial charge in [-0.3, -0.25) is 9.59 Å². The lowest BCUT2D eigenvalue weighted by atomic mass is 9.58. The maximum absolute atomic E-state index is 13.3. The third kappa shape index (κ3) is 3.50. The second-order valence-corrected chi connectivity index (χ2v) is 7.41. The number of carboxylic acid groups (broad SMARTS) is 2. The number of allylic oxidation sites excluding steroid dienone is 1. The molecule has 27 heavy (non-hydrogen) atoms. The first-order valence-corrected chi connectivity index (χ1v) is 8.72. The van der Waals surface area contributed by atoms with Crippen LogP contribution < -0.4 is 0 Å². The lowest BCUT2D eigenvalue weighted by Gasteiger charge is -2.43. The first-order valence-electron chi connectivity index (χ1n) is 8.72. The molecule has 4 nitrogen and oxygen atoms in total. The molecule has 5 heteroatoms. The van der Waals surface area contributed by atoms with Crippen molar-refractivity contribution >= 4 is 11.9 Å². The van der Waals surface area contributed by atoms with Crippen LogP contribution in [0.15, 0.2) is 66.7 Å². The number of aliphatic carboxylic acids is 2. The second kappa shape index (κ2) is 6.99. The van der Waals surface area contributed by atoms with E-state index < -0.39 is 34.5 Å². The van der Waals surface area contributed by atoms with E-state index in [1.54, 1.807) is 31.2 Å². The molecule has 2 aromatic rings. The van der Waals surface area contributed by atoms with Crippen LogP contribution in [-0.4, -0.2) is 22.2 Å². The number of rotatable bonds is 5. The summed E-state index contributed by atoms with van der Waals surface area (Å²) >= 11 is 0. The van der Waals surface area contributed by atoms with Crippen molar-refractivity contribution in [2.24, 2.45) is 10.8 Å². The van der Waals surface area contributed by atoms with Crippen molar-refractivity contribution in [1.82, 2.24) is 0 Å². The molecule has 2 aromatic carbocycles. The minimum Gasteiger partial charge on any atom is -0.481 e. The van der Waals surface area contributed by atoms with Crippen molar-refractivity contribution in [2.45, 2.75) is 25.7 Å². The molecule has 0 aliphatic heterocycles. The van der Waals surface area contributed by atoms with Gasteiger partial charge in [-0.15, -0.1) is 0 Å². The minimum atomic E-state index is -1.33. The lowest BCUT2D eigenvalue weighted by molar-refractivity contribution is -0.156. The zero-order valence-electron chi connectivity index (χ0n) is 14.9. The van der Waals surface area contributed by atoms with Crippen LogP contribution in [0.1, 0.15) is 30.4 Å². The molecule has 3 rings (SSSR count). The molecule has 140 valence electrons. The van der Waals surface area contributed by atoms with Gasteiger partial charge in [-0.1, -0.05) is 54.6 Å². The molecule has 1 aliphatic rings. The Morgan fingerprint density at radius 1 is 1.04 bits per heavy atom. The Labute approximate surface area is 157 Å². The van der Waals surface area contributed by atoms with E-state index in [1.807, 2.05) is 30.3 Å². The van der Waals surface area contributed by atoms with Crippen molar-refractivity contribution in [3.63, 3.8) is 0 Å². The van der Waals surface area contributed by atoms with Crippen molar-refractivity contribution in [2.75, 3.05) is 0 Å². The molecule has 0 radical (unpaired) electrons. The topological polar surface area (TPSA) is 74.6 Å². The van der Waals surface area contributed by atoms with Gasteiger partial charge in [-0.2, -0.15) is 0 Å². The van der Waals surface area contributed by atoms with E-state index >= 15 is 0 Å². The number of benzene rings is 2. The Kier molecular flexibility index (Phi) is 4.87. The van der Waals surface area contributed by atoms with Crippen LogP contribution in [-0.2, 0) is 16.0 Å². The Balaban J connectivity index is 2.06. The zero-order chi connectivity index (χ0) is 19.7. The molecule has 0 heterocycles. The predicted molar refractivity (Wildman–Crippen MR) is 98.9 cm³/mol. The highest BCUT2D eigenvalue weighted by Gasteiger charge is 2.53. The molecule has 0 amide bonds. The van der Waals surface area contributed by atoms with Crippen LogP contribution >= 0.6 is 0 Å². The van der Waals surface area contributed by atoms with Crippen LogP contribution in [0.4, 0.5) is 4.39 Å². The Bertz CT molecular complexity index is 875. The maximum atomic E-state index is 13.3. The van der Waals surface area contributed by atoms with E-state index in [9.17, 15) is 24.2 Å². The summed E-state index contributed by atoms with van der Waals surface area (Å²) in [7, 11) is 0. The Morgan fingerprint density at radius 2 is 1.67 bits per heavy atom. The monoisotopic (exact) mass is 368 g/mol. The van der Waals surface area contributed by atoms with Gasteiger partial charge in [0, 0.05) is 5.92 Å². The highest BCUT2D eigenvalue weighted by atomic mass is 19.1. The molecule has 0 saturated carbocycles. The molecule has 0 fully saturated rings. The highest BCUT2D eigenvalue weighted by molar-refractivity contribution is 5.83. The van der Waals surface area contributed by atoms with E-state index in [4.69, 9.17) is 0 Å². The van der Waals surface area contributed by atoms with Crippen LogP contribution in [0.3, 0.4) is 0 Å². The third-order valence-electron chi connectivity index (χ3n) is 5.48. The smallest absolute Gasteiger partial charge is 0.313 e. The average Bonchev–Trinajstić information content (AvgIpc) is 2.63. The van der Waals surface area contributed by atoms with Gasteiger partial charge in [0.2, 0.25) is 0 Å². The summed E-state index contributed by atoms with van der Waals surface area (Å²) in [5, 5.41) is 19.9. The fourth-order valence-corrected chi connectivity index (χ4v) is 3.98. The molecule has 3 atom stereocenters. The summed E-state index contributed by atoms with van der Waals surface area (Å²) in [6, 6.07) is 14.9. The largest absolute Gasteiger partial charge is 0.481 e. The van der Waals surface area contributed by atoms with E-state index in [-0.39, 0.29) is 12.8 Å². The molecule has 2 N–H and O–H groups in total. The summed E-state index contributed by atoms with van der Waals surface area (Å²) in [4.78, 5) is 24.4. The molecule has 0 aromatic heterocycles. The van der Waals surface area contributed by atoms with Gasteiger partial charge in [0.25, 0.3) is 0 Å². The quantitative estimate of drug-likeness (QED) is 0.773. The minimum absolute atomic E-state index is 0.0574. The van der Waals surface area contributed by atoms with Gasteiger partial charge in [0.15, 0.2) is 0 Å². The summed E-state index contributed by atoms with van der Waals surface area (Å²) in [6.07, 6.45) is 3.42. The normalized spacial score (nSPS) is 27.3. The fourth-order valence-electron chi connectivity index (χ4n) is 3.98. The first kappa shape index (κ1) is 18.8. The summed E-state index contributed by atoms with van der Waals surface area (Å²) in [5.41, 5.74) is -1.17. The standard InChI is InChI=1S/C22H21FO4/c1-21(19(24)25)14-22(20(26)27,13-15-5-3-2-4-6-15)12-11-18(21)16-7-9-17(23)10-8-16/h2-12,18H,13-14H2,1H3,(H,24,25)(H,26,27). The number of carboxylic acids is 2. The van der Waals surface area contributed by atoms with Crippen LogP contribution in [0.25, 0.3) is 0 Å². The number of hydrogen-bond acceptors (Lipinski definition) is 2. The molecule has 3 unspecified atom stereocenters. The van der Waals surface area contributed by atoms with E-state index in [1.165, 1.54) is 12.1 Å². The highest BCUT2D eigenvalue weighted by Crippen LogP contribution is 2.51. The molecular formula is C22H21FO4. The van der Waals surface area contributed by atoms with Gasteiger partial charge in [-0.05, 0) is 43.0 Å². The summed E-state index contributed by atoms with van der Waals surface area (Å²) < 4.78 is 13.3.